The molecular formula is C24H41NO2. The smallest absolute Gasteiger partial charge is 0.224 e. The molecule has 3 heteroatoms. The van der Waals surface area contributed by atoms with Crippen LogP contribution < -0.4 is 10.1 Å². The van der Waals surface area contributed by atoms with Gasteiger partial charge < -0.3 is 10.1 Å². The standard InChI is InChI=1S/C24H41NO2/c1-3-5-7-8-9-10-11-12-13-14-15-20-24(26)25-22-18-16-17-19-23(22)27-21-6-4-2/h16-19H,3-15,20-21H2,1-2H3,(H,25,26). The van der Waals surface area contributed by atoms with Gasteiger partial charge in [0.15, 0.2) is 0 Å². The lowest BCUT2D eigenvalue weighted by Crippen LogP contribution is -2.12. The second-order valence-corrected chi connectivity index (χ2v) is 7.53. The zero-order valence-corrected chi connectivity index (χ0v) is 17.7. The summed E-state index contributed by atoms with van der Waals surface area (Å²) in [6, 6.07) is 7.72. The van der Waals surface area contributed by atoms with Crippen LogP contribution in [0.15, 0.2) is 24.3 Å². The first kappa shape index (κ1) is 23.5. The number of anilines is 1. The van der Waals surface area contributed by atoms with Gasteiger partial charge in [0.1, 0.15) is 5.75 Å². The van der Waals surface area contributed by atoms with Crippen LogP contribution in [-0.4, -0.2) is 12.5 Å². The minimum absolute atomic E-state index is 0.0949. The Kier molecular flexibility index (Phi) is 14.5. The third-order valence-corrected chi connectivity index (χ3v) is 4.92. The first-order valence-corrected chi connectivity index (χ1v) is 11.3. The van der Waals surface area contributed by atoms with Crippen LogP contribution in [0.25, 0.3) is 0 Å². The molecule has 0 heterocycles. The maximum absolute atomic E-state index is 12.2. The second-order valence-electron chi connectivity index (χ2n) is 7.53. The molecule has 27 heavy (non-hydrogen) atoms. The van der Waals surface area contributed by atoms with Gasteiger partial charge in [-0.25, -0.2) is 0 Å². The molecule has 0 spiro atoms. The summed E-state index contributed by atoms with van der Waals surface area (Å²) in [5.74, 6) is 0.871. The first-order chi connectivity index (χ1) is 13.3. The van der Waals surface area contributed by atoms with Crippen LogP contribution in [0.3, 0.4) is 0 Å². The Labute approximate surface area is 167 Å². The van der Waals surface area contributed by atoms with Gasteiger partial charge in [0.25, 0.3) is 0 Å². The van der Waals surface area contributed by atoms with Gasteiger partial charge in [0.05, 0.1) is 12.3 Å². The zero-order chi connectivity index (χ0) is 19.6. The minimum atomic E-state index is 0.0949. The van der Waals surface area contributed by atoms with Gasteiger partial charge in [0.2, 0.25) is 5.91 Å². The average Bonchev–Trinajstić information content (AvgIpc) is 2.67. The predicted octanol–water partition coefficient (Wildman–Crippen LogP) is 7.51. The van der Waals surface area contributed by atoms with Crippen molar-refractivity contribution in [1.82, 2.24) is 0 Å². The van der Waals surface area contributed by atoms with E-state index in [2.05, 4.69) is 19.2 Å². The summed E-state index contributed by atoms with van der Waals surface area (Å²) in [6.45, 7) is 5.10. The van der Waals surface area contributed by atoms with E-state index in [-0.39, 0.29) is 5.91 Å². The van der Waals surface area contributed by atoms with Crippen LogP contribution in [0.5, 0.6) is 5.75 Å². The van der Waals surface area contributed by atoms with E-state index in [1.807, 2.05) is 24.3 Å². The first-order valence-electron chi connectivity index (χ1n) is 11.3. The highest BCUT2D eigenvalue weighted by Gasteiger charge is 2.07. The molecule has 3 nitrogen and oxygen atoms in total. The fraction of sp³-hybridized carbons (Fsp3) is 0.708. The molecule has 154 valence electrons. The molecule has 0 radical (unpaired) electrons. The summed E-state index contributed by atoms with van der Waals surface area (Å²) in [4.78, 5) is 12.2. The average molecular weight is 376 g/mol. The van der Waals surface area contributed by atoms with Crippen molar-refractivity contribution in [2.75, 3.05) is 11.9 Å². The number of unbranched alkanes of at least 4 members (excludes halogenated alkanes) is 11. The molecule has 1 N–H and O–H groups in total. The Hall–Kier alpha value is -1.51. The molecule has 1 rings (SSSR count). The van der Waals surface area contributed by atoms with E-state index in [9.17, 15) is 4.79 Å². The molecule has 0 aliphatic rings. The highest BCUT2D eigenvalue weighted by atomic mass is 16.5. The summed E-state index contributed by atoms with van der Waals surface area (Å²) in [5, 5.41) is 3.01. The van der Waals surface area contributed by atoms with E-state index in [0.717, 1.165) is 37.1 Å². The Morgan fingerprint density at radius 3 is 1.96 bits per heavy atom. The lowest BCUT2D eigenvalue weighted by Gasteiger charge is -2.12. The van der Waals surface area contributed by atoms with Gasteiger partial charge >= 0.3 is 0 Å². The predicted molar refractivity (Wildman–Crippen MR) is 117 cm³/mol. The van der Waals surface area contributed by atoms with Crippen molar-refractivity contribution >= 4 is 11.6 Å². The van der Waals surface area contributed by atoms with Gasteiger partial charge in [-0.15, -0.1) is 0 Å². The maximum Gasteiger partial charge on any atom is 0.224 e. The van der Waals surface area contributed by atoms with Crippen LogP contribution >= 0.6 is 0 Å². The molecule has 0 bridgehead atoms. The van der Waals surface area contributed by atoms with Crippen LogP contribution in [0.4, 0.5) is 5.69 Å². The number of rotatable bonds is 17. The molecule has 1 aromatic rings. The molecule has 0 aliphatic carbocycles. The van der Waals surface area contributed by atoms with Gasteiger partial charge in [-0.1, -0.05) is 96.6 Å². The molecule has 1 aromatic carbocycles. The van der Waals surface area contributed by atoms with Crippen LogP contribution in [0.1, 0.15) is 104 Å². The summed E-state index contributed by atoms with van der Waals surface area (Å²) in [6.07, 6.45) is 17.0. The fourth-order valence-electron chi connectivity index (χ4n) is 3.18. The zero-order valence-electron chi connectivity index (χ0n) is 17.7. The van der Waals surface area contributed by atoms with Crippen molar-refractivity contribution in [3.05, 3.63) is 24.3 Å². The van der Waals surface area contributed by atoms with Crippen molar-refractivity contribution in [3.8, 4) is 5.75 Å². The maximum atomic E-state index is 12.2. The van der Waals surface area contributed by atoms with E-state index in [1.165, 1.54) is 57.8 Å². The number of ether oxygens (including phenoxy) is 1. The van der Waals surface area contributed by atoms with Gasteiger partial charge in [-0.2, -0.15) is 0 Å². The molecular weight excluding hydrogens is 334 g/mol. The van der Waals surface area contributed by atoms with E-state index in [0.29, 0.717) is 13.0 Å². The fourth-order valence-corrected chi connectivity index (χ4v) is 3.18. The lowest BCUT2D eigenvalue weighted by molar-refractivity contribution is -0.116. The number of para-hydroxylation sites is 2. The van der Waals surface area contributed by atoms with Gasteiger partial charge in [-0.05, 0) is 25.0 Å². The van der Waals surface area contributed by atoms with Crippen molar-refractivity contribution in [1.29, 1.82) is 0 Å². The number of hydrogen-bond donors (Lipinski definition) is 1. The molecule has 0 aliphatic heterocycles. The molecule has 0 saturated heterocycles. The number of carbonyl (C=O) groups excluding carboxylic acids is 1. The molecule has 0 aromatic heterocycles. The minimum Gasteiger partial charge on any atom is -0.491 e. The van der Waals surface area contributed by atoms with Gasteiger partial charge in [-0.3, -0.25) is 4.79 Å². The van der Waals surface area contributed by atoms with Crippen molar-refractivity contribution < 1.29 is 9.53 Å². The summed E-state index contributed by atoms with van der Waals surface area (Å²) >= 11 is 0. The summed E-state index contributed by atoms with van der Waals surface area (Å²) in [7, 11) is 0. The van der Waals surface area contributed by atoms with E-state index >= 15 is 0 Å². The quantitative estimate of drug-likeness (QED) is 0.286. The Balaban J connectivity index is 2.07. The third-order valence-electron chi connectivity index (χ3n) is 4.92. The summed E-state index contributed by atoms with van der Waals surface area (Å²) in [5.41, 5.74) is 0.793. The van der Waals surface area contributed by atoms with Crippen molar-refractivity contribution in [2.24, 2.45) is 0 Å². The second kappa shape index (κ2) is 16.6. The lowest BCUT2D eigenvalue weighted by atomic mass is 10.1. The Morgan fingerprint density at radius 2 is 1.33 bits per heavy atom. The normalized spacial score (nSPS) is 10.7. The number of hydrogen-bond acceptors (Lipinski definition) is 2. The van der Waals surface area contributed by atoms with Crippen LogP contribution in [0.2, 0.25) is 0 Å². The van der Waals surface area contributed by atoms with E-state index in [1.54, 1.807) is 0 Å². The summed E-state index contributed by atoms with van der Waals surface area (Å²) < 4.78 is 5.78. The Bertz CT molecular complexity index is 487. The molecule has 0 unspecified atom stereocenters. The van der Waals surface area contributed by atoms with Crippen molar-refractivity contribution in [3.63, 3.8) is 0 Å². The molecule has 0 atom stereocenters. The number of carbonyl (C=O) groups is 1. The largest absolute Gasteiger partial charge is 0.491 e. The monoisotopic (exact) mass is 375 g/mol. The van der Waals surface area contributed by atoms with Crippen LogP contribution in [0, 0.1) is 0 Å². The highest BCUT2D eigenvalue weighted by molar-refractivity contribution is 5.92. The SMILES string of the molecule is CCCCCCCCCCCCCC(=O)Nc1ccccc1OCCCC. The van der Waals surface area contributed by atoms with E-state index < -0.39 is 0 Å². The van der Waals surface area contributed by atoms with Crippen LogP contribution in [-0.2, 0) is 4.79 Å². The van der Waals surface area contributed by atoms with Gasteiger partial charge in [0, 0.05) is 6.42 Å². The number of amides is 1. The number of benzene rings is 1. The highest BCUT2D eigenvalue weighted by Crippen LogP contribution is 2.24. The molecule has 0 saturated carbocycles. The molecule has 0 fully saturated rings. The van der Waals surface area contributed by atoms with Crippen molar-refractivity contribution in [2.45, 2.75) is 104 Å². The third kappa shape index (κ3) is 12.5. The number of nitrogens with one attached hydrogen (secondary N) is 1. The Morgan fingerprint density at radius 1 is 0.778 bits per heavy atom. The van der Waals surface area contributed by atoms with E-state index in [4.69, 9.17) is 4.74 Å². The topological polar surface area (TPSA) is 38.3 Å². The molecule has 1 amide bonds.